The zero-order chi connectivity index (χ0) is 37.0. The molecule has 50 heavy (non-hydrogen) atoms. The predicted octanol–water partition coefficient (Wildman–Crippen LogP) is 10.3. The van der Waals surface area contributed by atoms with E-state index in [1.165, 1.54) is 122 Å². The van der Waals surface area contributed by atoms with Crippen molar-refractivity contribution in [2.24, 2.45) is 0 Å². The average molecular weight is 737 g/mol. The molecule has 0 saturated heterocycles. The molecule has 298 valence electrons. The maximum Gasteiger partial charge on any atom is 0.472 e. The Morgan fingerprint density at radius 3 is 1.24 bits per heavy atom. The van der Waals surface area contributed by atoms with Gasteiger partial charge in [-0.25, -0.2) is 4.57 Å². The number of rotatable bonds is 39. The molecule has 0 radical (unpaired) electrons. The number of esters is 2. The van der Waals surface area contributed by atoms with Crippen LogP contribution >= 0.6 is 7.82 Å². The van der Waals surface area contributed by atoms with Gasteiger partial charge in [0.25, 0.3) is 0 Å². The molecule has 0 heterocycles. The van der Waals surface area contributed by atoms with Gasteiger partial charge < -0.3 is 24.6 Å². The third kappa shape index (κ3) is 35.4. The molecular formula is C39H77O10P. The molecule has 1 unspecified atom stereocenters. The van der Waals surface area contributed by atoms with Gasteiger partial charge >= 0.3 is 19.8 Å². The number of carbonyl (C=O) groups excluding carboxylic acids is 2. The lowest BCUT2D eigenvalue weighted by atomic mass is 10.0. The summed E-state index contributed by atoms with van der Waals surface area (Å²) in [7, 11) is -4.60. The van der Waals surface area contributed by atoms with Crippen LogP contribution in [0.15, 0.2) is 0 Å². The molecule has 0 aromatic heterocycles. The van der Waals surface area contributed by atoms with Crippen molar-refractivity contribution < 1.29 is 47.8 Å². The first-order valence-electron chi connectivity index (χ1n) is 20.5. The number of aliphatic hydroxyl groups excluding tert-OH is 2. The molecule has 0 rings (SSSR count). The summed E-state index contributed by atoms with van der Waals surface area (Å²) in [4.78, 5) is 34.9. The Hall–Kier alpha value is -1.03. The van der Waals surface area contributed by atoms with Crippen molar-refractivity contribution >= 4 is 19.8 Å². The fourth-order valence-electron chi connectivity index (χ4n) is 5.82. The molecule has 0 aromatic rings. The number of phosphoric acid groups is 1. The fourth-order valence-corrected chi connectivity index (χ4v) is 6.61. The van der Waals surface area contributed by atoms with Crippen LogP contribution in [0.1, 0.15) is 200 Å². The zero-order valence-electron chi connectivity index (χ0n) is 32.1. The van der Waals surface area contributed by atoms with Crippen molar-refractivity contribution in [2.75, 3.05) is 26.4 Å². The highest BCUT2D eigenvalue weighted by atomic mass is 31.2. The summed E-state index contributed by atoms with van der Waals surface area (Å²) in [6, 6.07) is 0. The number of unbranched alkanes of at least 4 members (excludes halogenated alkanes) is 25. The van der Waals surface area contributed by atoms with E-state index in [0.717, 1.165) is 38.5 Å². The van der Waals surface area contributed by atoms with Gasteiger partial charge in [-0.2, -0.15) is 0 Å². The predicted molar refractivity (Wildman–Crippen MR) is 201 cm³/mol. The molecule has 0 spiro atoms. The number of hydrogen-bond donors (Lipinski definition) is 3. The van der Waals surface area contributed by atoms with Gasteiger partial charge in [-0.1, -0.05) is 174 Å². The Balaban J connectivity index is 4.29. The summed E-state index contributed by atoms with van der Waals surface area (Å²) in [6.45, 7) is 2.40. The summed E-state index contributed by atoms with van der Waals surface area (Å²) < 4.78 is 32.6. The SMILES string of the molecule is CCCCCCCCCCCCCCCCC(=O)O[C@H](COC(=O)CCCCCCCCCCCCCCC)COP(=O)(O)OC[C@H](O)CO. The maximum atomic E-state index is 12.6. The molecule has 11 heteroatoms. The number of carbonyl (C=O) groups is 2. The van der Waals surface area contributed by atoms with Crippen molar-refractivity contribution in [3.05, 3.63) is 0 Å². The van der Waals surface area contributed by atoms with Gasteiger partial charge in [-0.3, -0.25) is 18.6 Å². The molecule has 10 nitrogen and oxygen atoms in total. The third-order valence-corrected chi connectivity index (χ3v) is 9.96. The Morgan fingerprint density at radius 1 is 0.520 bits per heavy atom. The molecule has 0 aliphatic rings. The molecule has 0 aliphatic carbocycles. The van der Waals surface area contributed by atoms with Gasteiger partial charge in [0.2, 0.25) is 0 Å². The molecule has 3 N–H and O–H groups in total. The van der Waals surface area contributed by atoms with Crippen molar-refractivity contribution in [1.82, 2.24) is 0 Å². The summed E-state index contributed by atoms with van der Waals surface area (Å²) in [5.41, 5.74) is 0. The second-order valence-corrected chi connectivity index (χ2v) is 15.5. The Kier molecular flexibility index (Phi) is 35.6. The van der Waals surface area contributed by atoms with Crippen LogP contribution < -0.4 is 0 Å². The minimum absolute atomic E-state index is 0.192. The van der Waals surface area contributed by atoms with Crippen molar-refractivity contribution in [2.45, 2.75) is 212 Å². The van der Waals surface area contributed by atoms with Crippen LogP contribution in [-0.4, -0.2) is 65.7 Å². The Morgan fingerprint density at radius 2 is 0.860 bits per heavy atom. The van der Waals surface area contributed by atoms with E-state index in [-0.39, 0.29) is 19.4 Å². The van der Waals surface area contributed by atoms with Gasteiger partial charge in [0, 0.05) is 12.8 Å². The molecule has 3 atom stereocenters. The van der Waals surface area contributed by atoms with E-state index < -0.39 is 51.8 Å². The highest BCUT2D eigenvalue weighted by molar-refractivity contribution is 7.47. The van der Waals surface area contributed by atoms with E-state index in [1.54, 1.807) is 0 Å². The smallest absolute Gasteiger partial charge is 0.462 e. The fraction of sp³-hybridized carbons (Fsp3) is 0.949. The summed E-state index contributed by atoms with van der Waals surface area (Å²) >= 11 is 0. The molecule has 0 saturated carbocycles. The van der Waals surface area contributed by atoms with Gasteiger partial charge in [0.05, 0.1) is 19.8 Å². The first-order valence-corrected chi connectivity index (χ1v) is 22.0. The summed E-state index contributed by atoms with van der Waals surface area (Å²) in [6.07, 6.45) is 30.6. The van der Waals surface area contributed by atoms with Crippen molar-refractivity contribution in [1.29, 1.82) is 0 Å². The lowest BCUT2D eigenvalue weighted by molar-refractivity contribution is -0.161. The quantitative estimate of drug-likeness (QED) is 0.0316. The van der Waals surface area contributed by atoms with E-state index in [1.807, 2.05) is 0 Å². The van der Waals surface area contributed by atoms with Gasteiger partial charge in [-0.15, -0.1) is 0 Å². The number of phosphoric ester groups is 1. The molecule has 0 bridgehead atoms. The lowest BCUT2D eigenvalue weighted by Crippen LogP contribution is -2.29. The minimum Gasteiger partial charge on any atom is -0.462 e. The van der Waals surface area contributed by atoms with Crippen LogP contribution in [0.5, 0.6) is 0 Å². The summed E-state index contributed by atoms with van der Waals surface area (Å²) in [5.74, 6) is -0.912. The van der Waals surface area contributed by atoms with Crippen LogP contribution in [0, 0.1) is 0 Å². The summed E-state index contributed by atoms with van der Waals surface area (Å²) in [5, 5.41) is 18.3. The standard InChI is InChI=1S/C39H77O10P/c1-3-5-7-9-11-13-15-17-19-21-23-25-27-29-31-39(43)49-37(35-48-50(44,45)47-33-36(41)32-40)34-46-38(42)30-28-26-24-22-20-18-16-14-12-10-8-6-4-2/h36-37,40-41H,3-35H2,1-2H3,(H,44,45)/t36-,37-/m1/s1. The molecule has 0 aromatic carbocycles. The second kappa shape index (κ2) is 36.3. The van der Waals surface area contributed by atoms with Crippen LogP contribution in [-0.2, 0) is 32.7 Å². The lowest BCUT2D eigenvalue weighted by Gasteiger charge is -2.20. The number of ether oxygens (including phenoxy) is 2. The molecule has 0 aliphatic heterocycles. The average Bonchev–Trinajstić information content (AvgIpc) is 3.10. The van der Waals surface area contributed by atoms with E-state index in [9.17, 15) is 24.2 Å². The number of aliphatic hydroxyl groups is 2. The van der Waals surface area contributed by atoms with Crippen molar-refractivity contribution in [3.63, 3.8) is 0 Å². The Labute approximate surface area is 305 Å². The number of hydrogen-bond acceptors (Lipinski definition) is 9. The van der Waals surface area contributed by atoms with E-state index in [2.05, 4.69) is 18.4 Å². The highest BCUT2D eigenvalue weighted by Crippen LogP contribution is 2.43. The normalized spacial score (nSPS) is 13.9. The van der Waals surface area contributed by atoms with Crippen LogP contribution in [0.3, 0.4) is 0 Å². The largest absolute Gasteiger partial charge is 0.472 e. The van der Waals surface area contributed by atoms with Crippen LogP contribution in [0.25, 0.3) is 0 Å². The van der Waals surface area contributed by atoms with Crippen LogP contribution in [0.4, 0.5) is 0 Å². The van der Waals surface area contributed by atoms with Crippen LogP contribution in [0.2, 0.25) is 0 Å². The maximum absolute atomic E-state index is 12.6. The second-order valence-electron chi connectivity index (χ2n) is 14.0. The van der Waals surface area contributed by atoms with E-state index in [0.29, 0.717) is 12.8 Å². The topological polar surface area (TPSA) is 149 Å². The highest BCUT2D eigenvalue weighted by Gasteiger charge is 2.27. The van der Waals surface area contributed by atoms with E-state index in [4.69, 9.17) is 19.1 Å². The first-order chi connectivity index (χ1) is 24.2. The minimum atomic E-state index is -4.60. The van der Waals surface area contributed by atoms with Gasteiger partial charge in [-0.05, 0) is 12.8 Å². The monoisotopic (exact) mass is 737 g/mol. The van der Waals surface area contributed by atoms with Crippen molar-refractivity contribution in [3.8, 4) is 0 Å². The van der Waals surface area contributed by atoms with E-state index >= 15 is 0 Å². The third-order valence-electron chi connectivity index (χ3n) is 9.01. The Bertz CT molecular complexity index is 812. The molecule has 0 fully saturated rings. The zero-order valence-corrected chi connectivity index (χ0v) is 33.0. The molecular weight excluding hydrogens is 659 g/mol. The molecule has 0 amide bonds. The van der Waals surface area contributed by atoms with Gasteiger partial charge in [0.15, 0.2) is 6.10 Å². The first kappa shape index (κ1) is 49.0. The van der Waals surface area contributed by atoms with Gasteiger partial charge in [0.1, 0.15) is 12.7 Å².